The van der Waals surface area contributed by atoms with Gasteiger partial charge in [0, 0.05) is 31.9 Å². The van der Waals surface area contributed by atoms with Gasteiger partial charge in [0.2, 0.25) is 5.91 Å². The molecule has 1 fully saturated rings. The quantitative estimate of drug-likeness (QED) is 0.322. The molecule has 1 amide bonds. The second-order valence-electron chi connectivity index (χ2n) is 9.86. The Morgan fingerprint density at radius 2 is 1.93 bits per heavy atom. The predicted molar refractivity (Wildman–Crippen MR) is 158 cm³/mol. The molecular formula is C28H26ClF2N7O4S. The Morgan fingerprint density at radius 3 is 2.58 bits per heavy atom. The molecule has 1 aliphatic rings. The number of carbonyl (C=O) groups excluding carboxylic acids is 1. The Kier molecular flexibility index (Phi) is 8.03. The van der Waals surface area contributed by atoms with E-state index in [0.717, 1.165) is 16.7 Å². The number of nitrogens with zero attached hydrogens (tertiary/aromatic N) is 6. The molecule has 1 saturated heterocycles. The first-order valence-corrected chi connectivity index (χ1v) is 14.9. The molecule has 0 spiro atoms. The summed E-state index contributed by atoms with van der Waals surface area (Å²) in [7, 11) is -3.02. The molecule has 5 rings (SSSR count). The van der Waals surface area contributed by atoms with Gasteiger partial charge in [0.05, 0.1) is 21.7 Å². The van der Waals surface area contributed by atoms with E-state index in [1.165, 1.54) is 37.5 Å². The van der Waals surface area contributed by atoms with Gasteiger partial charge in [-0.15, -0.1) is 0 Å². The summed E-state index contributed by atoms with van der Waals surface area (Å²) in [5, 5.41) is -0.573. The minimum Gasteiger partial charge on any atom is -0.350 e. The molecule has 0 saturated carbocycles. The second-order valence-corrected chi connectivity index (χ2v) is 12.1. The lowest BCUT2D eigenvalue weighted by Gasteiger charge is -2.40. The number of amides is 1. The van der Waals surface area contributed by atoms with Gasteiger partial charge >= 0.3 is 5.69 Å². The largest absolute Gasteiger partial charge is 0.355 e. The van der Waals surface area contributed by atoms with Crippen molar-refractivity contribution in [2.45, 2.75) is 24.9 Å². The van der Waals surface area contributed by atoms with Crippen LogP contribution in [0.25, 0.3) is 28.0 Å². The van der Waals surface area contributed by atoms with E-state index in [0.29, 0.717) is 5.56 Å². The highest BCUT2D eigenvalue weighted by atomic mass is 35.5. The third-order valence-electron chi connectivity index (χ3n) is 7.23. The lowest BCUT2D eigenvalue weighted by molar-refractivity contribution is -0.126. The zero-order valence-electron chi connectivity index (χ0n) is 23.3. The SMILES string of the molecule is C=CC(=O)N1CCN(c2nc(=O)n(-c3c(C)ccnc3S(=O)(=O)NC)c3nc(-c4c(F)cccc4Cl)c(F)cc23)[C@@H](C)C1. The number of nitrogens with one attached hydrogen (secondary N) is 1. The topological polar surface area (TPSA) is 130 Å². The van der Waals surface area contributed by atoms with E-state index in [1.807, 2.05) is 6.92 Å². The summed E-state index contributed by atoms with van der Waals surface area (Å²) >= 11 is 6.26. The average molecular weight is 630 g/mol. The number of hydrogen-bond acceptors (Lipinski definition) is 8. The van der Waals surface area contributed by atoms with E-state index >= 15 is 4.39 Å². The van der Waals surface area contributed by atoms with Crippen molar-refractivity contribution < 1.29 is 22.0 Å². The van der Waals surface area contributed by atoms with Crippen molar-refractivity contribution in [3.8, 4) is 16.9 Å². The highest BCUT2D eigenvalue weighted by Crippen LogP contribution is 2.36. The zero-order valence-corrected chi connectivity index (χ0v) is 24.9. The Hall–Kier alpha value is -4.27. The number of rotatable bonds is 6. The van der Waals surface area contributed by atoms with Gasteiger partial charge in [0.1, 0.15) is 17.3 Å². The van der Waals surface area contributed by atoms with Crippen LogP contribution in [0.3, 0.4) is 0 Å². The molecule has 0 aliphatic carbocycles. The first kappa shape index (κ1) is 30.2. The molecule has 11 nitrogen and oxygen atoms in total. The van der Waals surface area contributed by atoms with Gasteiger partial charge in [-0.1, -0.05) is 24.2 Å². The summed E-state index contributed by atoms with van der Waals surface area (Å²) in [6, 6.07) is 5.99. The van der Waals surface area contributed by atoms with Crippen LogP contribution >= 0.6 is 11.6 Å². The highest BCUT2D eigenvalue weighted by molar-refractivity contribution is 7.89. The molecule has 4 aromatic rings. The maximum absolute atomic E-state index is 15.9. The Balaban J connectivity index is 1.87. The first-order chi connectivity index (χ1) is 20.4. The maximum Gasteiger partial charge on any atom is 0.355 e. The van der Waals surface area contributed by atoms with Crippen molar-refractivity contribution in [1.82, 2.24) is 29.1 Å². The molecule has 0 unspecified atom stereocenters. The van der Waals surface area contributed by atoms with Crippen molar-refractivity contribution in [2.24, 2.45) is 0 Å². The van der Waals surface area contributed by atoms with Crippen LogP contribution in [0.5, 0.6) is 0 Å². The molecular weight excluding hydrogens is 604 g/mol. The summed E-state index contributed by atoms with van der Waals surface area (Å²) in [5.74, 6) is -2.00. The normalized spacial score (nSPS) is 15.6. The minimum atomic E-state index is -4.21. The molecule has 3 aromatic heterocycles. The fraction of sp³-hybridized carbons (Fsp3) is 0.250. The molecule has 1 atom stereocenters. The monoisotopic (exact) mass is 629 g/mol. The molecule has 0 bridgehead atoms. The van der Waals surface area contributed by atoms with E-state index in [1.54, 1.807) is 16.7 Å². The number of aromatic nitrogens is 4. The molecule has 1 N–H and O–H groups in total. The molecule has 0 radical (unpaired) electrons. The maximum atomic E-state index is 15.9. The number of carbonyl (C=O) groups is 1. The number of fused-ring (bicyclic) bond motifs is 1. The van der Waals surface area contributed by atoms with Crippen LogP contribution in [0, 0.1) is 18.6 Å². The lowest BCUT2D eigenvalue weighted by atomic mass is 10.1. The summed E-state index contributed by atoms with van der Waals surface area (Å²) in [6.45, 7) is 7.67. The predicted octanol–water partition coefficient (Wildman–Crippen LogP) is 3.21. The van der Waals surface area contributed by atoms with Gasteiger partial charge in [-0.05, 0) is 56.8 Å². The summed E-state index contributed by atoms with van der Waals surface area (Å²) in [5.41, 5.74) is -1.81. The van der Waals surface area contributed by atoms with E-state index in [2.05, 4.69) is 26.3 Å². The molecule has 15 heteroatoms. The van der Waals surface area contributed by atoms with Crippen molar-refractivity contribution in [1.29, 1.82) is 0 Å². The van der Waals surface area contributed by atoms with E-state index in [4.69, 9.17) is 11.6 Å². The summed E-state index contributed by atoms with van der Waals surface area (Å²) in [4.78, 5) is 42.1. The minimum absolute atomic E-state index is 0.0414. The van der Waals surface area contributed by atoms with Gasteiger partial charge in [-0.3, -0.25) is 4.79 Å². The highest BCUT2D eigenvalue weighted by Gasteiger charge is 2.32. The molecule has 1 aliphatic heterocycles. The van der Waals surface area contributed by atoms with Crippen LogP contribution in [-0.4, -0.2) is 71.5 Å². The number of halogens is 3. The molecule has 4 heterocycles. The van der Waals surface area contributed by atoms with Crippen LogP contribution in [-0.2, 0) is 14.8 Å². The van der Waals surface area contributed by atoms with Crippen LogP contribution in [0.4, 0.5) is 14.6 Å². The zero-order chi connectivity index (χ0) is 31.2. The summed E-state index contributed by atoms with van der Waals surface area (Å²) in [6.07, 6.45) is 2.47. The Morgan fingerprint density at radius 1 is 1.19 bits per heavy atom. The average Bonchev–Trinajstić information content (AvgIpc) is 2.97. The first-order valence-electron chi connectivity index (χ1n) is 13.0. The van der Waals surface area contributed by atoms with Crippen molar-refractivity contribution in [3.63, 3.8) is 0 Å². The van der Waals surface area contributed by atoms with Crippen LogP contribution in [0.2, 0.25) is 5.02 Å². The van der Waals surface area contributed by atoms with E-state index in [9.17, 15) is 22.4 Å². The number of sulfonamides is 1. The van der Waals surface area contributed by atoms with E-state index in [-0.39, 0.29) is 64.7 Å². The molecule has 1 aromatic carbocycles. The number of pyridine rings is 2. The number of anilines is 1. The van der Waals surface area contributed by atoms with Gasteiger partial charge in [0.15, 0.2) is 16.5 Å². The van der Waals surface area contributed by atoms with Gasteiger partial charge in [-0.25, -0.2) is 41.3 Å². The van der Waals surface area contributed by atoms with Crippen LogP contribution in [0.1, 0.15) is 12.5 Å². The smallest absolute Gasteiger partial charge is 0.350 e. The Bertz CT molecular complexity index is 1950. The fourth-order valence-electron chi connectivity index (χ4n) is 5.12. The number of hydrogen-bond donors (Lipinski definition) is 1. The second kappa shape index (κ2) is 11.4. The van der Waals surface area contributed by atoms with Crippen molar-refractivity contribution >= 4 is 44.4 Å². The van der Waals surface area contributed by atoms with Gasteiger partial charge < -0.3 is 9.80 Å². The number of benzene rings is 1. The van der Waals surface area contributed by atoms with E-state index < -0.39 is 38.1 Å². The molecule has 224 valence electrons. The standard InChI is InChI=1S/C28H26ClF2N7O4S/c1-5-21(39)36-11-12-37(16(3)14-36)25-17-13-20(31)23(22-18(29)7-6-8-19(22)30)34-26(17)38(28(40)35-25)24-15(2)9-10-33-27(24)43(41,42)32-4/h5-10,13,16,32H,1,11-12,14H2,2-4H3/t16-/m0/s1. The van der Waals surface area contributed by atoms with Crippen LogP contribution in [0.15, 0.2) is 59.0 Å². The lowest BCUT2D eigenvalue weighted by Crippen LogP contribution is -2.54. The molecule has 43 heavy (non-hydrogen) atoms. The van der Waals surface area contributed by atoms with Crippen LogP contribution < -0.4 is 15.3 Å². The number of aryl methyl sites for hydroxylation is 1. The van der Waals surface area contributed by atoms with Crippen molar-refractivity contribution in [2.75, 3.05) is 31.6 Å². The third-order valence-corrected chi connectivity index (χ3v) is 8.89. The third kappa shape index (κ3) is 5.26. The Labute approximate surface area is 250 Å². The number of piperazine rings is 1. The van der Waals surface area contributed by atoms with Crippen molar-refractivity contribution in [3.05, 3.63) is 81.9 Å². The van der Waals surface area contributed by atoms with Gasteiger partial charge in [0.25, 0.3) is 10.0 Å². The fourth-order valence-corrected chi connectivity index (χ4v) is 6.27. The summed E-state index contributed by atoms with van der Waals surface area (Å²) < 4.78 is 59.9. The van der Waals surface area contributed by atoms with Gasteiger partial charge in [-0.2, -0.15) is 4.98 Å².